The fourth-order valence-electron chi connectivity index (χ4n) is 1.70. The molecule has 82 valence electrons. The van der Waals surface area contributed by atoms with E-state index in [1.54, 1.807) is 13.3 Å². The number of methoxy groups -OCH3 is 1. The van der Waals surface area contributed by atoms with E-state index in [1.165, 1.54) is 0 Å². The van der Waals surface area contributed by atoms with E-state index in [2.05, 4.69) is 4.98 Å². The number of hydrogen-bond donors (Lipinski definition) is 1. The molecule has 0 amide bonds. The summed E-state index contributed by atoms with van der Waals surface area (Å²) in [5.74, 6) is 0.774. The second-order valence-electron chi connectivity index (χ2n) is 3.60. The monoisotopic (exact) mass is 214 g/mol. The lowest BCUT2D eigenvalue weighted by atomic mass is 10.0. The van der Waals surface area contributed by atoms with Crippen molar-refractivity contribution in [2.75, 3.05) is 12.8 Å². The Bertz CT molecular complexity index is 509. The number of ether oxygens (including phenoxy) is 1. The molecule has 0 aliphatic heterocycles. The van der Waals surface area contributed by atoms with Gasteiger partial charge in [0.05, 0.1) is 7.11 Å². The summed E-state index contributed by atoms with van der Waals surface area (Å²) in [5, 5.41) is 0. The molecule has 3 heteroatoms. The number of pyridine rings is 1. The summed E-state index contributed by atoms with van der Waals surface area (Å²) in [4.78, 5) is 4.27. The first-order chi connectivity index (χ1) is 7.72. The number of hydrogen-bond acceptors (Lipinski definition) is 3. The predicted molar refractivity (Wildman–Crippen MR) is 65.4 cm³/mol. The summed E-state index contributed by atoms with van der Waals surface area (Å²) >= 11 is 0. The maximum absolute atomic E-state index is 5.72. The Labute approximate surface area is 94.9 Å². The minimum atomic E-state index is 0.696. The topological polar surface area (TPSA) is 48.1 Å². The lowest BCUT2D eigenvalue weighted by molar-refractivity contribution is 0.416. The van der Waals surface area contributed by atoms with Crippen molar-refractivity contribution in [3.8, 4) is 16.9 Å². The van der Waals surface area contributed by atoms with Crippen LogP contribution in [0.25, 0.3) is 11.1 Å². The van der Waals surface area contributed by atoms with Crippen LogP contribution >= 0.6 is 0 Å². The van der Waals surface area contributed by atoms with Gasteiger partial charge in [-0.3, -0.25) is 4.98 Å². The molecule has 0 saturated carbocycles. The number of nitrogens with zero attached hydrogens (tertiary/aromatic N) is 1. The molecule has 0 atom stereocenters. The van der Waals surface area contributed by atoms with E-state index in [0.717, 1.165) is 22.6 Å². The zero-order chi connectivity index (χ0) is 11.5. The first-order valence-electron chi connectivity index (χ1n) is 5.08. The molecule has 0 aliphatic rings. The normalized spacial score (nSPS) is 10.1. The predicted octanol–water partition coefficient (Wildman–Crippen LogP) is 2.65. The number of anilines is 1. The number of aromatic nitrogens is 1. The molecule has 1 heterocycles. The maximum Gasteiger partial charge on any atom is 0.128 e. The van der Waals surface area contributed by atoms with Gasteiger partial charge in [0.25, 0.3) is 0 Å². The zero-order valence-corrected chi connectivity index (χ0v) is 9.40. The van der Waals surface area contributed by atoms with Crippen molar-refractivity contribution in [3.05, 3.63) is 42.2 Å². The molecule has 0 radical (unpaired) electrons. The molecule has 2 rings (SSSR count). The van der Waals surface area contributed by atoms with Crippen LogP contribution in [0.3, 0.4) is 0 Å². The van der Waals surface area contributed by atoms with Gasteiger partial charge < -0.3 is 10.5 Å². The average Bonchev–Trinajstić information content (AvgIpc) is 2.30. The number of benzene rings is 1. The van der Waals surface area contributed by atoms with Crippen LogP contribution < -0.4 is 10.5 Å². The van der Waals surface area contributed by atoms with Crippen LogP contribution in [0.4, 0.5) is 5.69 Å². The van der Waals surface area contributed by atoms with Gasteiger partial charge in [-0.2, -0.15) is 0 Å². The Morgan fingerprint density at radius 3 is 2.69 bits per heavy atom. The summed E-state index contributed by atoms with van der Waals surface area (Å²) in [6.45, 7) is 1.98. The van der Waals surface area contributed by atoms with E-state index < -0.39 is 0 Å². The van der Waals surface area contributed by atoms with Crippen LogP contribution in [-0.2, 0) is 0 Å². The van der Waals surface area contributed by atoms with Crippen LogP contribution in [0.1, 0.15) is 5.69 Å². The van der Waals surface area contributed by atoms with Crippen molar-refractivity contribution in [2.45, 2.75) is 6.92 Å². The lowest BCUT2D eigenvalue weighted by Gasteiger charge is -2.10. The van der Waals surface area contributed by atoms with Gasteiger partial charge in [-0.05, 0) is 25.1 Å². The first-order valence-corrected chi connectivity index (χ1v) is 5.08. The molecule has 1 aromatic carbocycles. The quantitative estimate of drug-likeness (QED) is 0.782. The largest absolute Gasteiger partial charge is 0.496 e. The standard InChI is InChI=1S/C13H14N2O/c1-9-11(4-3-7-15-9)12-6-5-10(14)8-13(12)16-2/h3-8H,14H2,1-2H3. The number of nitrogen functional groups attached to an aromatic ring is 1. The maximum atomic E-state index is 5.72. The van der Waals surface area contributed by atoms with Gasteiger partial charge in [-0.15, -0.1) is 0 Å². The highest BCUT2D eigenvalue weighted by molar-refractivity contribution is 5.74. The Hall–Kier alpha value is -2.03. The molecule has 0 fully saturated rings. The third kappa shape index (κ3) is 1.84. The smallest absolute Gasteiger partial charge is 0.128 e. The highest BCUT2D eigenvalue weighted by Gasteiger charge is 2.08. The molecule has 1 aromatic heterocycles. The van der Waals surface area contributed by atoms with Crippen molar-refractivity contribution in [1.82, 2.24) is 4.98 Å². The molecule has 0 saturated heterocycles. The minimum absolute atomic E-state index is 0.696. The average molecular weight is 214 g/mol. The summed E-state index contributed by atoms with van der Waals surface area (Å²) in [5.41, 5.74) is 9.48. The third-order valence-electron chi connectivity index (χ3n) is 2.52. The van der Waals surface area contributed by atoms with Crippen LogP contribution in [0.15, 0.2) is 36.5 Å². The zero-order valence-electron chi connectivity index (χ0n) is 9.40. The summed E-state index contributed by atoms with van der Waals surface area (Å²) in [6, 6.07) is 9.58. The van der Waals surface area contributed by atoms with Crippen LogP contribution in [0, 0.1) is 6.92 Å². The number of rotatable bonds is 2. The molecule has 2 N–H and O–H groups in total. The van der Waals surface area contributed by atoms with Crippen molar-refractivity contribution in [1.29, 1.82) is 0 Å². The molecule has 2 aromatic rings. The van der Waals surface area contributed by atoms with E-state index in [4.69, 9.17) is 10.5 Å². The SMILES string of the molecule is COc1cc(N)ccc1-c1cccnc1C. The number of nitrogens with two attached hydrogens (primary N) is 1. The highest BCUT2D eigenvalue weighted by atomic mass is 16.5. The van der Waals surface area contributed by atoms with Crippen molar-refractivity contribution in [2.24, 2.45) is 0 Å². The molecule has 0 unspecified atom stereocenters. The highest BCUT2D eigenvalue weighted by Crippen LogP contribution is 2.32. The van der Waals surface area contributed by atoms with Gasteiger partial charge in [0.2, 0.25) is 0 Å². The molecule has 16 heavy (non-hydrogen) atoms. The molecule has 3 nitrogen and oxygen atoms in total. The molecule has 0 spiro atoms. The summed E-state index contributed by atoms with van der Waals surface area (Å²) in [6.07, 6.45) is 1.78. The fraction of sp³-hybridized carbons (Fsp3) is 0.154. The van der Waals surface area contributed by atoms with Crippen LogP contribution in [0.2, 0.25) is 0 Å². The van der Waals surface area contributed by atoms with Crippen molar-refractivity contribution < 1.29 is 4.74 Å². The Kier molecular flexibility index (Phi) is 2.77. The van der Waals surface area contributed by atoms with Gasteiger partial charge in [0, 0.05) is 34.8 Å². The molecule has 0 aliphatic carbocycles. The summed E-state index contributed by atoms with van der Waals surface area (Å²) in [7, 11) is 1.64. The lowest BCUT2D eigenvalue weighted by Crippen LogP contribution is -1.93. The second kappa shape index (κ2) is 4.23. The van der Waals surface area contributed by atoms with Crippen molar-refractivity contribution >= 4 is 5.69 Å². The molecular formula is C13H14N2O. The van der Waals surface area contributed by atoms with E-state index in [-0.39, 0.29) is 0 Å². The van der Waals surface area contributed by atoms with Gasteiger partial charge in [0.15, 0.2) is 0 Å². The van der Waals surface area contributed by atoms with Gasteiger partial charge in [-0.1, -0.05) is 6.07 Å². The van der Waals surface area contributed by atoms with Gasteiger partial charge >= 0.3 is 0 Å². The second-order valence-corrected chi connectivity index (χ2v) is 3.60. The molecular weight excluding hydrogens is 200 g/mol. The van der Waals surface area contributed by atoms with E-state index in [1.807, 2.05) is 37.3 Å². The third-order valence-corrected chi connectivity index (χ3v) is 2.52. The first kappa shape index (κ1) is 10.5. The fourth-order valence-corrected chi connectivity index (χ4v) is 1.70. The van der Waals surface area contributed by atoms with Gasteiger partial charge in [-0.25, -0.2) is 0 Å². The van der Waals surface area contributed by atoms with E-state index in [0.29, 0.717) is 5.69 Å². The Morgan fingerprint density at radius 1 is 1.19 bits per heavy atom. The van der Waals surface area contributed by atoms with Crippen LogP contribution in [-0.4, -0.2) is 12.1 Å². The minimum Gasteiger partial charge on any atom is -0.496 e. The number of aryl methyl sites for hydroxylation is 1. The Balaban J connectivity index is 2.60. The Morgan fingerprint density at radius 2 is 2.00 bits per heavy atom. The molecule has 0 bridgehead atoms. The van der Waals surface area contributed by atoms with Crippen LogP contribution in [0.5, 0.6) is 5.75 Å². The van der Waals surface area contributed by atoms with Gasteiger partial charge in [0.1, 0.15) is 5.75 Å². The van der Waals surface area contributed by atoms with E-state index in [9.17, 15) is 0 Å². The van der Waals surface area contributed by atoms with Crippen molar-refractivity contribution in [3.63, 3.8) is 0 Å². The summed E-state index contributed by atoms with van der Waals surface area (Å²) < 4.78 is 5.33. The van der Waals surface area contributed by atoms with E-state index >= 15 is 0 Å².